The number of nitrogens with one attached hydrogen (secondary N) is 1. The van der Waals surface area contributed by atoms with Crippen molar-refractivity contribution in [2.75, 3.05) is 6.54 Å². The topological polar surface area (TPSA) is 75.1 Å². The highest BCUT2D eigenvalue weighted by atomic mass is 16.4. The molecule has 2 N–H and O–H groups in total. The number of benzene rings is 1. The number of carbonyl (C=O) groups is 1. The Labute approximate surface area is 105 Å². The van der Waals surface area contributed by atoms with E-state index in [1.54, 1.807) is 18.5 Å². The largest absolute Gasteiger partial charge is 0.465 e. The highest BCUT2D eigenvalue weighted by Gasteiger charge is 2.00. The molecule has 18 heavy (non-hydrogen) atoms. The van der Waals surface area contributed by atoms with E-state index in [1.165, 1.54) is 0 Å². The Kier molecular flexibility index (Phi) is 3.86. The summed E-state index contributed by atoms with van der Waals surface area (Å²) in [6.45, 7) is 0.413. The molecule has 0 bridgehead atoms. The average Bonchev–Trinajstić information content (AvgIpc) is 2.40. The summed E-state index contributed by atoms with van der Waals surface area (Å²) in [5.41, 5.74) is 2.02. The van der Waals surface area contributed by atoms with Crippen LogP contribution in [0.15, 0.2) is 42.7 Å². The van der Waals surface area contributed by atoms with Gasteiger partial charge in [0.2, 0.25) is 0 Å². The molecule has 1 heterocycles. The van der Waals surface area contributed by atoms with Crippen molar-refractivity contribution in [3.8, 4) is 11.4 Å². The van der Waals surface area contributed by atoms with Crippen LogP contribution in [0.5, 0.6) is 0 Å². The Morgan fingerprint density at radius 2 is 1.83 bits per heavy atom. The molecular formula is C13H13N3O2. The van der Waals surface area contributed by atoms with Crippen LogP contribution in [-0.4, -0.2) is 27.7 Å². The van der Waals surface area contributed by atoms with Crippen LogP contribution < -0.4 is 5.32 Å². The minimum atomic E-state index is -0.996. The van der Waals surface area contributed by atoms with E-state index in [2.05, 4.69) is 15.3 Å². The van der Waals surface area contributed by atoms with E-state index in [9.17, 15) is 4.79 Å². The molecule has 0 saturated carbocycles. The van der Waals surface area contributed by atoms with Gasteiger partial charge in [-0.3, -0.25) is 0 Å². The third kappa shape index (κ3) is 3.28. The summed E-state index contributed by atoms with van der Waals surface area (Å²) in [7, 11) is 0. The van der Waals surface area contributed by atoms with E-state index in [0.717, 1.165) is 11.1 Å². The second kappa shape index (κ2) is 5.77. The van der Waals surface area contributed by atoms with Gasteiger partial charge in [-0.25, -0.2) is 14.8 Å². The fraction of sp³-hybridized carbons (Fsp3) is 0.154. The van der Waals surface area contributed by atoms with Crippen LogP contribution in [0, 0.1) is 0 Å². The maximum Gasteiger partial charge on any atom is 0.404 e. The molecule has 1 aromatic carbocycles. The fourth-order valence-corrected chi connectivity index (χ4v) is 1.58. The summed E-state index contributed by atoms with van der Waals surface area (Å²) >= 11 is 0. The van der Waals surface area contributed by atoms with Crippen molar-refractivity contribution in [3.05, 3.63) is 48.3 Å². The minimum absolute atomic E-state index is 0.413. The third-order valence-electron chi connectivity index (χ3n) is 2.47. The van der Waals surface area contributed by atoms with Gasteiger partial charge in [0.1, 0.15) is 0 Å². The number of rotatable bonds is 4. The summed E-state index contributed by atoms with van der Waals surface area (Å²) in [4.78, 5) is 18.6. The van der Waals surface area contributed by atoms with Gasteiger partial charge in [-0.1, -0.05) is 24.3 Å². The Morgan fingerprint density at radius 3 is 2.44 bits per heavy atom. The van der Waals surface area contributed by atoms with E-state index in [0.29, 0.717) is 18.8 Å². The number of hydrogen-bond donors (Lipinski definition) is 2. The predicted molar refractivity (Wildman–Crippen MR) is 67.2 cm³/mol. The predicted octanol–water partition coefficient (Wildman–Crippen LogP) is 1.95. The van der Waals surface area contributed by atoms with Crippen LogP contribution in [0.2, 0.25) is 0 Å². The van der Waals surface area contributed by atoms with Crippen molar-refractivity contribution in [3.63, 3.8) is 0 Å². The van der Waals surface area contributed by atoms with Gasteiger partial charge >= 0.3 is 6.09 Å². The lowest BCUT2D eigenvalue weighted by Gasteiger charge is -2.03. The first-order valence-corrected chi connectivity index (χ1v) is 5.59. The molecule has 0 aliphatic carbocycles. The lowest BCUT2D eigenvalue weighted by atomic mass is 10.1. The Morgan fingerprint density at radius 1 is 1.17 bits per heavy atom. The Bertz CT molecular complexity index is 512. The molecule has 0 aliphatic rings. The number of nitrogens with zero attached hydrogens (tertiary/aromatic N) is 2. The summed E-state index contributed by atoms with van der Waals surface area (Å²) in [6.07, 6.45) is 3.08. The first kappa shape index (κ1) is 12.0. The maximum atomic E-state index is 10.3. The zero-order valence-corrected chi connectivity index (χ0v) is 9.71. The van der Waals surface area contributed by atoms with Crippen molar-refractivity contribution in [2.45, 2.75) is 6.42 Å². The molecule has 0 unspecified atom stereocenters. The molecule has 0 aliphatic heterocycles. The highest BCUT2D eigenvalue weighted by Crippen LogP contribution is 2.14. The smallest absolute Gasteiger partial charge is 0.404 e. The van der Waals surface area contributed by atoms with Crippen molar-refractivity contribution in [1.82, 2.24) is 15.3 Å². The van der Waals surface area contributed by atoms with E-state index in [-0.39, 0.29) is 0 Å². The van der Waals surface area contributed by atoms with Crippen LogP contribution in [0.1, 0.15) is 5.56 Å². The van der Waals surface area contributed by atoms with E-state index in [4.69, 9.17) is 5.11 Å². The first-order chi connectivity index (χ1) is 8.75. The number of amides is 1. The van der Waals surface area contributed by atoms with Crippen LogP contribution >= 0.6 is 0 Å². The summed E-state index contributed by atoms with van der Waals surface area (Å²) in [5, 5.41) is 10.8. The van der Waals surface area contributed by atoms with Crippen molar-refractivity contribution >= 4 is 6.09 Å². The second-order valence-electron chi connectivity index (χ2n) is 3.75. The molecule has 1 aromatic heterocycles. The van der Waals surface area contributed by atoms with Gasteiger partial charge in [0.15, 0.2) is 5.82 Å². The monoisotopic (exact) mass is 243 g/mol. The van der Waals surface area contributed by atoms with Gasteiger partial charge in [-0.15, -0.1) is 0 Å². The summed E-state index contributed by atoms with van der Waals surface area (Å²) < 4.78 is 0. The van der Waals surface area contributed by atoms with Gasteiger partial charge in [0, 0.05) is 24.5 Å². The lowest BCUT2D eigenvalue weighted by Crippen LogP contribution is -2.23. The van der Waals surface area contributed by atoms with Crippen LogP contribution in [0.25, 0.3) is 11.4 Å². The van der Waals surface area contributed by atoms with Crippen molar-refractivity contribution in [1.29, 1.82) is 0 Å². The van der Waals surface area contributed by atoms with Crippen LogP contribution in [-0.2, 0) is 6.42 Å². The quantitative estimate of drug-likeness (QED) is 0.860. The number of hydrogen-bond acceptors (Lipinski definition) is 3. The van der Waals surface area contributed by atoms with Gasteiger partial charge < -0.3 is 10.4 Å². The zero-order chi connectivity index (χ0) is 12.8. The molecule has 5 nitrogen and oxygen atoms in total. The molecule has 0 spiro atoms. The van der Waals surface area contributed by atoms with E-state index < -0.39 is 6.09 Å². The molecule has 0 saturated heterocycles. The average molecular weight is 243 g/mol. The highest BCUT2D eigenvalue weighted by molar-refractivity contribution is 5.64. The minimum Gasteiger partial charge on any atom is -0.465 e. The van der Waals surface area contributed by atoms with Crippen molar-refractivity contribution in [2.24, 2.45) is 0 Å². The maximum absolute atomic E-state index is 10.3. The van der Waals surface area contributed by atoms with Crippen molar-refractivity contribution < 1.29 is 9.90 Å². The molecular weight excluding hydrogens is 230 g/mol. The summed E-state index contributed by atoms with van der Waals surface area (Å²) in [5.74, 6) is 0.688. The van der Waals surface area contributed by atoms with Gasteiger partial charge in [-0.2, -0.15) is 0 Å². The zero-order valence-electron chi connectivity index (χ0n) is 9.71. The molecule has 5 heteroatoms. The van der Waals surface area contributed by atoms with E-state index in [1.807, 2.05) is 24.3 Å². The van der Waals surface area contributed by atoms with E-state index >= 15 is 0 Å². The molecule has 0 radical (unpaired) electrons. The molecule has 2 aromatic rings. The molecule has 2 rings (SSSR count). The first-order valence-electron chi connectivity index (χ1n) is 5.59. The molecule has 1 amide bonds. The van der Waals surface area contributed by atoms with Gasteiger partial charge in [0.25, 0.3) is 0 Å². The summed E-state index contributed by atoms with van der Waals surface area (Å²) in [6, 6.07) is 9.55. The molecule has 0 atom stereocenters. The van der Waals surface area contributed by atoms with Crippen LogP contribution in [0.4, 0.5) is 4.79 Å². The van der Waals surface area contributed by atoms with Crippen LogP contribution in [0.3, 0.4) is 0 Å². The Balaban J connectivity index is 2.00. The van der Waals surface area contributed by atoms with Gasteiger partial charge in [0.05, 0.1) is 0 Å². The number of carboxylic acid groups (broad SMARTS) is 1. The third-order valence-corrected chi connectivity index (χ3v) is 2.47. The normalized spacial score (nSPS) is 10.0. The SMILES string of the molecule is O=C(O)NCCc1ccc(-c2ncccn2)cc1. The van der Waals surface area contributed by atoms with Gasteiger partial charge in [-0.05, 0) is 18.1 Å². The molecule has 92 valence electrons. The number of aromatic nitrogens is 2. The fourth-order valence-electron chi connectivity index (χ4n) is 1.58. The Hall–Kier alpha value is -2.43. The second-order valence-corrected chi connectivity index (χ2v) is 3.75. The lowest BCUT2D eigenvalue weighted by molar-refractivity contribution is 0.194. The molecule has 0 fully saturated rings. The standard InChI is InChI=1S/C13H13N3O2/c17-13(18)16-9-6-10-2-4-11(5-3-10)12-14-7-1-8-15-12/h1-5,7-8,16H,6,9H2,(H,17,18).